The Morgan fingerprint density at radius 3 is 2.44 bits per heavy atom. The van der Waals surface area contributed by atoms with Crippen molar-refractivity contribution in [2.24, 2.45) is 11.8 Å². The maximum atomic E-state index is 12.6. The van der Waals surface area contributed by atoms with E-state index in [1.54, 1.807) is 19.2 Å². The number of aliphatic hydroxyl groups is 1. The number of benzene rings is 2. The molecule has 9 heteroatoms. The second-order valence-electron chi connectivity index (χ2n) is 9.51. The van der Waals surface area contributed by atoms with E-state index in [1.807, 2.05) is 24.3 Å². The minimum Gasteiger partial charge on any atom is -0.497 e. The van der Waals surface area contributed by atoms with Gasteiger partial charge in [-0.05, 0) is 85.3 Å². The molecule has 0 saturated carbocycles. The van der Waals surface area contributed by atoms with Gasteiger partial charge in [-0.25, -0.2) is 4.98 Å². The van der Waals surface area contributed by atoms with Crippen LogP contribution in [0.2, 0.25) is 0 Å². The molecular formula is C27H30ClF3N2O3. The second-order valence-corrected chi connectivity index (χ2v) is 9.51. The van der Waals surface area contributed by atoms with Crippen molar-refractivity contribution in [2.75, 3.05) is 20.2 Å². The lowest BCUT2D eigenvalue weighted by molar-refractivity contribution is -0.274. The van der Waals surface area contributed by atoms with Gasteiger partial charge in [0, 0.05) is 23.5 Å². The number of methoxy groups -OCH3 is 1. The van der Waals surface area contributed by atoms with Gasteiger partial charge in [0.2, 0.25) is 0 Å². The third-order valence-corrected chi connectivity index (χ3v) is 7.58. The first-order valence-corrected chi connectivity index (χ1v) is 12.0. The zero-order valence-electron chi connectivity index (χ0n) is 20.2. The van der Waals surface area contributed by atoms with Crippen LogP contribution in [-0.4, -0.2) is 47.6 Å². The first-order chi connectivity index (χ1) is 16.8. The van der Waals surface area contributed by atoms with Gasteiger partial charge in [0.1, 0.15) is 11.5 Å². The maximum absolute atomic E-state index is 12.6. The van der Waals surface area contributed by atoms with Gasteiger partial charge in [-0.15, -0.1) is 25.6 Å². The lowest BCUT2D eigenvalue weighted by Gasteiger charge is -2.51. The Morgan fingerprint density at radius 2 is 1.83 bits per heavy atom. The van der Waals surface area contributed by atoms with Gasteiger partial charge < -0.3 is 14.6 Å². The number of rotatable bonds is 6. The van der Waals surface area contributed by atoms with Gasteiger partial charge in [-0.2, -0.15) is 0 Å². The van der Waals surface area contributed by atoms with Gasteiger partial charge in [0.25, 0.3) is 0 Å². The molecule has 0 spiro atoms. The average Bonchev–Trinajstić information content (AvgIpc) is 2.87. The van der Waals surface area contributed by atoms with E-state index in [0.29, 0.717) is 34.4 Å². The molecule has 3 saturated heterocycles. The van der Waals surface area contributed by atoms with Crippen molar-refractivity contribution in [1.82, 2.24) is 9.88 Å². The number of alkyl halides is 3. The van der Waals surface area contributed by atoms with Crippen molar-refractivity contribution in [1.29, 1.82) is 0 Å². The molecule has 4 heterocycles. The Morgan fingerprint density at radius 1 is 1.11 bits per heavy atom. The van der Waals surface area contributed by atoms with Crippen molar-refractivity contribution in [3.63, 3.8) is 0 Å². The summed E-state index contributed by atoms with van der Waals surface area (Å²) in [6.07, 6.45) is -2.20. The molecule has 2 aromatic carbocycles. The molecular weight excluding hydrogens is 493 g/mol. The summed E-state index contributed by atoms with van der Waals surface area (Å²) in [4.78, 5) is 7.15. The fourth-order valence-electron chi connectivity index (χ4n) is 5.76. The van der Waals surface area contributed by atoms with Gasteiger partial charge in [-0.3, -0.25) is 4.90 Å². The molecule has 3 aliphatic rings. The highest BCUT2D eigenvalue weighted by molar-refractivity contribution is 5.87. The highest BCUT2D eigenvalue weighted by Gasteiger charge is 2.42. The molecule has 194 valence electrons. The van der Waals surface area contributed by atoms with Crippen LogP contribution in [0.1, 0.15) is 37.9 Å². The summed E-state index contributed by atoms with van der Waals surface area (Å²) >= 11 is 0. The number of fused-ring (bicyclic) bond motifs is 4. The number of ether oxygens (including phenoxy) is 2. The van der Waals surface area contributed by atoms with Gasteiger partial charge >= 0.3 is 6.36 Å². The summed E-state index contributed by atoms with van der Waals surface area (Å²) in [7, 11) is 1.60. The third kappa shape index (κ3) is 5.26. The van der Waals surface area contributed by atoms with Crippen LogP contribution in [0.3, 0.4) is 0 Å². The van der Waals surface area contributed by atoms with Crippen LogP contribution in [0.4, 0.5) is 13.2 Å². The van der Waals surface area contributed by atoms with Crippen LogP contribution in [0.5, 0.6) is 11.5 Å². The summed E-state index contributed by atoms with van der Waals surface area (Å²) in [5, 5.41) is 12.5. The molecule has 2 unspecified atom stereocenters. The highest BCUT2D eigenvalue weighted by Crippen LogP contribution is 2.43. The third-order valence-electron chi connectivity index (χ3n) is 7.58. The maximum Gasteiger partial charge on any atom is 0.573 e. The number of halogens is 4. The molecule has 5 nitrogen and oxygen atoms in total. The normalized spacial score (nSPS) is 24.3. The van der Waals surface area contributed by atoms with E-state index in [-0.39, 0.29) is 24.2 Å². The first-order valence-electron chi connectivity index (χ1n) is 12.0. The zero-order chi connectivity index (χ0) is 24.7. The molecule has 1 N–H and O–H groups in total. The number of hydrogen-bond acceptors (Lipinski definition) is 5. The average molecular weight is 523 g/mol. The number of hydrogen-bond donors (Lipinski definition) is 1. The topological polar surface area (TPSA) is 54.8 Å². The molecule has 5 atom stereocenters. The predicted molar refractivity (Wildman–Crippen MR) is 134 cm³/mol. The van der Waals surface area contributed by atoms with Crippen molar-refractivity contribution in [3.8, 4) is 22.8 Å². The van der Waals surface area contributed by atoms with E-state index in [9.17, 15) is 18.3 Å². The van der Waals surface area contributed by atoms with Gasteiger partial charge in [0.15, 0.2) is 0 Å². The fourth-order valence-corrected chi connectivity index (χ4v) is 5.76. The highest BCUT2D eigenvalue weighted by atomic mass is 35.5. The van der Waals surface area contributed by atoms with Crippen molar-refractivity contribution >= 4 is 23.3 Å². The second kappa shape index (κ2) is 10.4. The summed E-state index contributed by atoms with van der Waals surface area (Å²) in [6.45, 7) is 4.23. The predicted octanol–water partition coefficient (Wildman–Crippen LogP) is 6.38. The summed E-state index contributed by atoms with van der Waals surface area (Å²) in [5.41, 5.74) is 2.67. The summed E-state index contributed by atoms with van der Waals surface area (Å²) in [6, 6.07) is 13.1. The molecule has 0 aliphatic carbocycles. The van der Waals surface area contributed by atoms with Gasteiger partial charge in [-0.1, -0.05) is 13.3 Å². The molecule has 6 rings (SSSR count). The van der Waals surface area contributed by atoms with Crippen LogP contribution in [-0.2, 0) is 0 Å². The molecule has 3 fully saturated rings. The lowest BCUT2D eigenvalue weighted by Crippen LogP contribution is -2.55. The monoisotopic (exact) mass is 522 g/mol. The van der Waals surface area contributed by atoms with Crippen molar-refractivity contribution in [2.45, 2.75) is 44.7 Å². The van der Waals surface area contributed by atoms with E-state index in [0.717, 1.165) is 36.9 Å². The quantitative estimate of drug-likeness (QED) is 0.407. The SMILES string of the molecule is CC[C@H]1CN2CC[C@H]1CC2[C@H](O)c1cc(-c2ccc(OC(F)(F)F)cc2)nc2ccc(OC)cc12.Cl. The smallest absolute Gasteiger partial charge is 0.497 e. The Kier molecular flexibility index (Phi) is 7.69. The van der Waals surface area contributed by atoms with Crippen molar-refractivity contribution < 1.29 is 27.8 Å². The summed E-state index contributed by atoms with van der Waals surface area (Å²) < 4.78 is 47.1. The Labute approximate surface area is 214 Å². The Balaban J connectivity index is 0.00000304. The van der Waals surface area contributed by atoms with Crippen LogP contribution in [0.15, 0.2) is 48.5 Å². The standard InChI is InChI=1S/C27H29F3N2O3.ClH/c1-3-16-15-32-11-10-18(16)12-25(32)26(33)22-14-24(31-23-9-8-20(34-2)13-21(22)23)17-4-6-19(7-5-17)35-27(28,29)30;/h4-9,13-14,16,18,25-26,33H,3,10-12,15H2,1-2H3;1H/t16-,18-,25?,26+;/m0./s1. The number of aliphatic hydroxyl groups excluding tert-OH is 1. The minimum atomic E-state index is -4.75. The van der Waals surface area contributed by atoms with Crippen LogP contribution in [0.25, 0.3) is 22.2 Å². The lowest BCUT2D eigenvalue weighted by atomic mass is 9.72. The summed E-state index contributed by atoms with van der Waals surface area (Å²) in [5.74, 6) is 1.68. The largest absolute Gasteiger partial charge is 0.573 e. The molecule has 2 bridgehead atoms. The van der Waals surface area contributed by atoms with E-state index in [1.165, 1.54) is 18.6 Å². The molecule has 3 aromatic rings. The van der Waals surface area contributed by atoms with E-state index in [4.69, 9.17) is 9.72 Å². The van der Waals surface area contributed by atoms with Gasteiger partial charge in [0.05, 0.1) is 24.4 Å². The zero-order valence-corrected chi connectivity index (χ0v) is 21.0. The molecule has 3 aliphatic heterocycles. The fraction of sp³-hybridized carbons (Fsp3) is 0.444. The van der Waals surface area contributed by atoms with E-state index < -0.39 is 12.5 Å². The van der Waals surface area contributed by atoms with Crippen LogP contribution < -0.4 is 9.47 Å². The number of piperidine rings is 3. The van der Waals surface area contributed by atoms with Crippen LogP contribution in [0, 0.1) is 11.8 Å². The number of aromatic nitrogens is 1. The first kappa shape index (κ1) is 26.5. The number of pyridine rings is 1. The number of nitrogens with zero attached hydrogens (tertiary/aromatic N) is 2. The minimum absolute atomic E-state index is 0. The molecule has 36 heavy (non-hydrogen) atoms. The van der Waals surface area contributed by atoms with E-state index >= 15 is 0 Å². The van der Waals surface area contributed by atoms with Crippen LogP contribution >= 0.6 is 12.4 Å². The molecule has 0 amide bonds. The molecule has 0 radical (unpaired) electrons. The van der Waals surface area contributed by atoms with E-state index in [2.05, 4.69) is 16.6 Å². The Bertz CT molecular complexity index is 1210. The molecule has 1 aromatic heterocycles. The Hall–Kier alpha value is -2.55. The van der Waals surface area contributed by atoms with Crippen molar-refractivity contribution in [3.05, 3.63) is 54.1 Å².